The minimum atomic E-state index is 0.0176. The van der Waals surface area contributed by atoms with Crippen LogP contribution in [0.15, 0.2) is 48.1 Å². The third kappa shape index (κ3) is 3.91. The van der Waals surface area contributed by atoms with Crippen molar-refractivity contribution in [1.82, 2.24) is 20.1 Å². The monoisotopic (exact) mass is 340 g/mol. The summed E-state index contributed by atoms with van der Waals surface area (Å²) in [5.74, 6) is 0. The molecular weight excluding hydrogens is 316 g/mol. The number of aromatic nitrogens is 3. The van der Waals surface area contributed by atoms with Crippen molar-refractivity contribution in [3.63, 3.8) is 0 Å². The van der Waals surface area contributed by atoms with Crippen LogP contribution in [-0.2, 0) is 12.1 Å². The van der Waals surface area contributed by atoms with E-state index in [1.807, 2.05) is 29.1 Å². The van der Waals surface area contributed by atoms with Crippen LogP contribution in [0.4, 0.5) is 0 Å². The minimum absolute atomic E-state index is 0.0176. The Morgan fingerprint density at radius 1 is 1.21 bits per heavy atom. The van der Waals surface area contributed by atoms with Gasteiger partial charge >= 0.3 is 0 Å². The van der Waals surface area contributed by atoms with Crippen LogP contribution in [0, 0.1) is 0 Å². The standard InChI is InChI=1S/C19H24N4S/c1-14(20-10-15-11-21-23(12-15)19(2,3)4)18-22-17(13-24-18)16-8-6-5-7-9-16/h5-9,11-14,20H,10H2,1-4H3. The van der Waals surface area contributed by atoms with Gasteiger partial charge in [0.1, 0.15) is 5.01 Å². The molecule has 1 atom stereocenters. The lowest BCUT2D eigenvalue weighted by atomic mass is 10.1. The molecule has 0 amide bonds. The van der Waals surface area contributed by atoms with Crippen molar-refractivity contribution in [2.24, 2.45) is 0 Å². The second-order valence-corrected chi connectivity index (χ2v) is 7.89. The summed E-state index contributed by atoms with van der Waals surface area (Å²) in [5, 5.41) is 11.2. The summed E-state index contributed by atoms with van der Waals surface area (Å²) >= 11 is 1.70. The van der Waals surface area contributed by atoms with Crippen molar-refractivity contribution in [2.75, 3.05) is 0 Å². The predicted molar refractivity (Wildman–Crippen MR) is 100 cm³/mol. The first-order valence-electron chi connectivity index (χ1n) is 8.22. The molecule has 0 aliphatic carbocycles. The van der Waals surface area contributed by atoms with Crippen LogP contribution in [-0.4, -0.2) is 14.8 Å². The van der Waals surface area contributed by atoms with Crippen LogP contribution < -0.4 is 5.32 Å². The van der Waals surface area contributed by atoms with E-state index in [1.54, 1.807) is 11.3 Å². The second kappa shape index (κ2) is 6.87. The Hall–Kier alpha value is -1.98. The van der Waals surface area contributed by atoms with E-state index in [1.165, 1.54) is 11.1 Å². The predicted octanol–water partition coefficient (Wildman–Crippen LogP) is 4.61. The highest BCUT2D eigenvalue weighted by Gasteiger charge is 2.15. The van der Waals surface area contributed by atoms with E-state index >= 15 is 0 Å². The number of hydrogen-bond donors (Lipinski definition) is 1. The molecule has 0 radical (unpaired) electrons. The van der Waals surface area contributed by atoms with E-state index in [4.69, 9.17) is 4.98 Å². The van der Waals surface area contributed by atoms with Gasteiger partial charge in [0.2, 0.25) is 0 Å². The third-order valence-corrected chi connectivity index (χ3v) is 4.93. The van der Waals surface area contributed by atoms with Gasteiger partial charge in [0.15, 0.2) is 0 Å². The van der Waals surface area contributed by atoms with Crippen LogP contribution in [0.3, 0.4) is 0 Å². The highest BCUT2D eigenvalue weighted by Crippen LogP contribution is 2.25. The van der Waals surface area contributed by atoms with E-state index in [-0.39, 0.29) is 11.6 Å². The molecule has 0 aliphatic heterocycles. The van der Waals surface area contributed by atoms with Crippen molar-refractivity contribution < 1.29 is 0 Å². The van der Waals surface area contributed by atoms with Gasteiger partial charge in [-0.2, -0.15) is 5.10 Å². The summed E-state index contributed by atoms with van der Waals surface area (Å²) in [6.07, 6.45) is 4.04. The van der Waals surface area contributed by atoms with Gasteiger partial charge in [-0.05, 0) is 27.7 Å². The Morgan fingerprint density at radius 3 is 2.62 bits per heavy atom. The largest absolute Gasteiger partial charge is 0.304 e. The van der Waals surface area contributed by atoms with E-state index in [2.05, 4.69) is 61.8 Å². The molecule has 24 heavy (non-hydrogen) atoms. The molecule has 0 saturated heterocycles. The number of thiazole rings is 1. The highest BCUT2D eigenvalue weighted by atomic mass is 32.1. The van der Waals surface area contributed by atoms with Crippen molar-refractivity contribution in [2.45, 2.75) is 45.8 Å². The van der Waals surface area contributed by atoms with Crippen molar-refractivity contribution >= 4 is 11.3 Å². The summed E-state index contributed by atoms with van der Waals surface area (Å²) in [7, 11) is 0. The molecule has 2 heterocycles. The fourth-order valence-electron chi connectivity index (χ4n) is 2.40. The van der Waals surface area contributed by atoms with Crippen molar-refractivity contribution in [1.29, 1.82) is 0 Å². The average Bonchev–Trinajstić information content (AvgIpc) is 3.22. The van der Waals surface area contributed by atoms with E-state index in [0.717, 1.165) is 17.2 Å². The molecule has 1 N–H and O–H groups in total. The lowest BCUT2D eigenvalue weighted by Crippen LogP contribution is -2.22. The molecule has 5 heteroatoms. The maximum absolute atomic E-state index is 4.77. The zero-order chi connectivity index (χ0) is 17.2. The molecule has 0 saturated carbocycles. The Labute approximate surface area is 147 Å². The normalized spacial score (nSPS) is 13.2. The van der Waals surface area contributed by atoms with Gasteiger partial charge in [0.25, 0.3) is 0 Å². The number of nitrogens with one attached hydrogen (secondary N) is 1. The summed E-state index contributed by atoms with van der Waals surface area (Å²) < 4.78 is 2.01. The van der Waals surface area contributed by atoms with Gasteiger partial charge < -0.3 is 5.32 Å². The summed E-state index contributed by atoms with van der Waals surface area (Å²) in [6, 6.07) is 10.5. The van der Waals surface area contributed by atoms with E-state index in [0.29, 0.717) is 0 Å². The Balaban J connectivity index is 1.62. The fourth-order valence-corrected chi connectivity index (χ4v) is 3.26. The molecule has 0 aliphatic rings. The van der Waals surface area contributed by atoms with Crippen LogP contribution in [0.2, 0.25) is 0 Å². The minimum Gasteiger partial charge on any atom is -0.304 e. The molecule has 3 aromatic rings. The Bertz CT molecular complexity index is 783. The lowest BCUT2D eigenvalue weighted by Gasteiger charge is -2.18. The van der Waals surface area contributed by atoms with E-state index in [9.17, 15) is 0 Å². The molecule has 126 valence electrons. The molecule has 1 aromatic carbocycles. The zero-order valence-corrected chi connectivity index (χ0v) is 15.5. The summed E-state index contributed by atoms with van der Waals surface area (Å²) in [5.41, 5.74) is 3.42. The van der Waals surface area contributed by atoms with Gasteiger partial charge in [-0.15, -0.1) is 11.3 Å². The topological polar surface area (TPSA) is 42.7 Å². The van der Waals surface area contributed by atoms with Gasteiger partial charge in [-0.25, -0.2) is 4.98 Å². The first kappa shape index (κ1) is 16.9. The zero-order valence-electron chi connectivity index (χ0n) is 14.7. The lowest BCUT2D eigenvalue weighted by molar-refractivity contribution is 0.355. The molecule has 0 bridgehead atoms. The molecule has 2 aromatic heterocycles. The summed E-state index contributed by atoms with van der Waals surface area (Å²) in [4.78, 5) is 4.77. The second-order valence-electron chi connectivity index (χ2n) is 7.00. The van der Waals surface area contributed by atoms with Crippen LogP contribution >= 0.6 is 11.3 Å². The third-order valence-electron chi connectivity index (χ3n) is 3.90. The highest BCUT2D eigenvalue weighted by molar-refractivity contribution is 7.10. The van der Waals surface area contributed by atoms with Gasteiger partial charge in [-0.3, -0.25) is 4.68 Å². The first-order chi connectivity index (χ1) is 11.4. The van der Waals surface area contributed by atoms with Crippen molar-refractivity contribution in [3.05, 3.63) is 58.7 Å². The van der Waals surface area contributed by atoms with Gasteiger partial charge in [0.05, 0.1) is 23.5 Å². The smallest absolute Gasteiger partial charge is 0.110 e. The molecule has 3 rings (SSSR count). The van der Waals surface area contributed by atoms with Crippen LogP contribution in [0.1, 0.15) is 44.3 Å². The number of benzene rings is 1. The maximum Gasteiger partial charge on any atom is 0.110 e. The molecule has 0 spiro atoms. The molecule has 1 unspecified atom stereocenters. The first-order valence-corrected chi connectivity index (χ1v) is 9.10. The Kier molecular flexibility index (Phi) is 4.83. The van der Waals surface area contributed by atoms with Crippen LogP contribution in [0.25, 0.3) is 11.3 Å². The van der Waals surface area contributed by atoms with E-state index < -0.39 is 0 Å². The summed E-state index contributed by atoms with van der Waals surface area (Å²) in [6.45, 7) is 9.40. The number of rotatable bonds is 5. The quantitative estimate of drug-likeness (QED) is 0.737. The SMILES string of the molecule is CC(NCc1cnn(C(C)(C)C)c1)c1nc(-c2ccccc2)cs1. The van der Waals surface area contributed by atoms with Gasteiger partial charge in [-0.1, -0.05) is 30.3 Å². The number of hydrogen-bond acceptors (Lipinski definition) is 4. The van der Waals surface area contributed by atoms with Crippen molar-refractivity contribution in [3.8, 4) is 11.3 Å². The molecule has 0 fully saturated rings. The molecule has 4 nitrogen and oxygen atoms in total. The maximum atomic E-state index is 4.77. The van der Waals surface area contributed by atoms with Gasteiger partial charge in [0, 0.05) is 29.2 Å². The fraction of sp³-hybridized carbons (Fsp3) is 0.368. The number of nitrogens with zero attached hydrogens (tertiary/aromatic N) is 3. The Morgan fingerprint density at radius 2 is 1.96 bits per heavy atom. The van der Waals surface area contributed by atoms with Crippen LogP contribution in [0.5, 0.6) is 0 Å². The molecular formula is C19H24N4S. The average molecular weight is 340 g/mol.